The quantitative estimate of drug-likeness (QED) is 0.448. The fraction of sp³-hybridized carbons (Fsp3) is 0.214. The van der Waals surface area contributed by atoms with Crippen LogP contribution in [-0.4, -0.2) is 49.0 Å². The summed E-state index contributed by atoms with van der Waals surface area (Å²) in [6.45, 7) is 4.03. The van der Waals surface area contributed by atoms with Crippen molar-refractivity contribution in [3.05, 3.63) is 90.6 Å². The smallest absolute Gasteiger partial charge is 0.228 e. The molecule has 1 aliphatic heterocycles. The molecule has 0 bridgehead atoms. The summed E-state index contributed by atoms with van der Waals surface area (Å²) in [6, 6.07) is 25.3. The van der Waals surface area contributed by atoms with Crippen molar-refractivity contribution in [1.29, 1.82) is 0 Å². The van der Waals surface area contributed by atoms with E-state index >= 15 is 0 Å². The van der Waals surface area contributed by atoms with Gasteiger partial charge in [-0.2, -0.15) is 0 Å². The molecule has 0 aliphatic carbocycles. The van der Waals surface area contributed by atoms with Gasteiger partial charge in [0.2, 0.25) is 5.91 Å². The minimum atomic E-state index is -0.0683. The number of carbonyl (C=O) groups is 1. The Morgan fingerprint density at radius 3 is 2.53 bits per heavy atom. The van der Waals surface area contributed by atoms with Gasteiger partial charge in [0.15, 0.2) is 0 Å². The summed E-state index contributed by atoms with van der Waals surface area (Å²) in [5.74, 6) is 1.41. The van der Waals surface area contributed by atoms with Crippen molar-refractivity contribution in [3.8, 4) is 11.5 Å². The molecule has 3 aromatic carbocycles. The van der Waals surface area contributed by atoms with Gasteiger partial charge in [-0.1, -0.05) is 30.3 Å². The van der Waals surface area contributed by atoms with E-state index in [9.17, 15) is 4.79 Å². The second-order valence-corrected chi connectivity index (χ2v) is 8.64. The third-order valence-corrected chi connectivity index (χ3v) is 6.09. The second kappa shape index (κ2) is 9.93. The highest BCUT2D eigenvalue weighted by atomic mass is 16.5. The molecule has 1 amide bonds. The second-order valence-electron chi connectivity index (χ2n) is 8.64. The fourth-order valence-corrected chi connectivity index (χ4v) is 4.27. The number of anilines is 2. The first-order valence-corrected chi connectivity index (χ1v) is 11.6. The Hall–Kier alpha value is -3.90. The number of pyridine rings is 1. The van der Waals surface area contributed by atoms with Gasteiger partial charge in [0.05, 0.1) is 11.9 Å². The van der Waals surface area contributed by atoms with Crippen LogP contribution in [0.25, 0.3) is 10.9 Å². The van der Waals surface area contributed by atoms with Gasteiger partial charge in [-0.15, -0.1) is 0 Å². The van der Waals surface area contributed by atoms with E-state index in [1.807, 2.05) is 79.0 Å². The van der Waals surface area contributed by atoms with Crippen LogP contribution in [0.5, 0.6) is 11.5 Å². The summed E-state index contributed by atoms with van der Waals surface area (Å²) >= 11 is 0. The Kier molecular flexibility index (Phi) is 6.40. The fourth-order valence-electron chi connectivity index (χ4n) is 4.27. The number of fused-ring (bicyclic) bond motifs is 1. The summed E-state index contributed by atoms with van der Waals surface area (Å²) in [5, 5.41) is 4.11. The number of piperazine rings is 1. The maximum Gasteiger partial charge on any atom is 0.228 e. The minimum Gasteiger partial charge on any atom is -0.457 e. The molecule has 1 aliphatic rings. The third kappa shape index (κ3) is 5.18. The van der Waals surface area contributed by atoms with Crippen LogP contribution in [0, 0.1) is 0 Å². The largest absolute Gasteiger partial charge is 0.457 e. The van der Waals surface area contributed by atoms with Gasteiger partial charge in [-0.3, -0.25) is 9.78 Å². The molecule has 6 nitrogen and oxygen atoms in total. The predicted octanol–water partition coefficient (Wildman–Crippen LogP) is 4.96. The molecule has 172 valence electrons. The number of nitrogens with zero attached hydrogens (tertiary/aromatic N) is 3. The lowest BCUT2D eigenvalue weighted by Crippen LogP contribution is -2.44. The molecule has 2 heterocycles. The zero-order chi connectivity index (χ0) is 23.3. The number of benzene rings is 3. The van der Waals surface area contributed by atoms with E-state index in [4.69, 9.17) is 4.74 Å². The van der Waals surface area contributed by atoms with Crippen LogP contribution < -0.4 is 15.0 Å². The number of nitrogens with one attached hydrogen (secondary N) is 1. The van der Waals surface area contributed by atoms with Crippen LogP contribution >= 0.6 is 0 Å². The van der Waals surface area contributed by atoms with Crippen molar-refractivity contribution < 1.29 is 9.53 Å². The van der Waals surface area contributed by atoms with Crippen molar-refractivity contribution in [1.82, 2.24) is 9.88 Å². The summed E-state index contributed by atoms with van der Waals surface area (Å²) < 4.78 is 5.90. The summed E-state index contributed by atoms with van der Waals surface area (Å²) in [4.78, 5) is 22.1. The number of ether oxygens (including phenoxy) is 1. The van der Waals surface area contributed by atoms with E-state index in [1.165, 1.54) is 5.69 Å². The van der Waals surface area contributed by atoms with Crippen LogP contribution in [0.1, 0.15) is 5.56 Å². The highest BCUT2D eigenvalue weighted by molar-refractivity contribution is 5.98. The Bertz CT molecular complexity index is 1280. The van der Waals surface area contributed by atoms with Crippen LogP contribution in [-0.2, 0) is 11.2 Å². The number of carbonyl (C=O) groups excluding carboxylic acids is 1. The lowest BCUT2D eigenvalue weighted by atomic mass is 10.1. The predicted molar refractivity (Wildman–Crippen MR) is 137 cm³/mol. The lowest BCUT2D eigenvalue weighted by molar-refractivity contribution is -0.115. The summed E-state index contributed by atoms with van der Waals surface area (Å²) in [6.07, 6.45) is 2.13. The molecule has 6 heteroatoms. The number of likely N-dealkylation sites (N-methyl/N-ethyl adjacent to an activating group) is 1. The molecule has 5 rings (SSSR count). The highest BCUT2D eigenvalue weighted by Gasteiger charge is 2.17. The van der Waals surface area contributed by atoms with Crippen LogP contribution in [0.2, 0.25) is 0 Å². The molecule has 1 saturated heterocycles. The molecule has 34 heavy (non-hydrogen) atoms. The van der Waals surface area contributed by atoms with Crippen LogP contribution in [0.4, 0.5) is 11.4 Å². The monoisotopic (exact) mass is 452 g/mol. The van der Waals surface area contributed by atoms with Gasteiger partial charge >= 0.3 is 0 Å². The van der Waals surface area contributed by atoms with Crippen molar-refractivity contribution in [2.75, 3.05) is 43.4 Å². The number of aromatic nitrogens is 1. The van der Waals surface area contributed by atoms with E-state index in [0.29, 0.717) is 5.75 Å². The van der Waals surface area contributed by atoms with Gasteiger partial charge in [-0.25, -0.2) is 0 Å². The SMILES string of the molecule is CN1CCN(c2ccnc3ccc(NC(=O)Cc4cccc(Oc5ccccc5)c4)cc23)CC1. The Balaban J connectivity index is 1.29. The van der Waals surface area contributed by atoms with E-state index in [1.54, 1.807) is 0 Å². The Morgan fingerprint density at radius 1 is 0.912 bits per heavy atom. The molecular weight excluding hydrogens is 424 g/mol. The van der Waals surface area contributed by atoms with Crippen molar-refractivity contribution in [2.45, 2.75) is 6.42 Å². The Labute approximate surface area is 199 Å². The minimum absolute atomic E-state index is 0.0683. The van der Waals surface area contributed by atoms with Crippen molar-refractivity contribution in [2.24, 2.45) is 0 Å². The molecule has 0 unspecified atom stereocenters. The van der Waals surface area contributed by atoms with Crippen molar-refractivity contribution in [3.63, 3.8) is 0 Å². The van der Waals surface area contributed by atoms with E-state index in [-0.39, 0.29) is 12.3 Å². The number of hydrogen-bond acceptors (Lipinski definition) is 5. The first-order chi connectivity index (χ1) is 16.6. The van der Waals surface area contributed by atoms with E-state index in [0.717, 1.165) is 54.1 Å². The number of hydrogen-bond donors (Lipinski definition) is 1. The van der Waals surface area contributed by atoms with Crippen molar-refractivity contribution >= 4 is 28.2 Å². The van der Waals surface area contributed by atoms with Gasteiger partial charge in [0.1, 0.15) is 11.5 Å². The molecule has 0 saturated carbocycles. The van der Waals surface area contributed by atoms with E-state index < -0.39 is 0 Å². The van der Waals surface area contributed by atoms with Gasteiger partial charge in [0, 0.05) is 49.1 Å². The summed E-state index contributed by atoms with van der Waals surface area (Å²) in [7, 11) is 2.15. The standard InChI is InChI=1S/C28H28N4O2/c1-31-14-16-32(17-15-31)27-12-13-29-26-11-10-22(20-25(26)27)30-28(33)19-21-6-5-9-24(18-21)34-23-7-3-2-4-8-23/h2-13,18,20H,14-17,19H2,1H3,(H,30,33). The molecule has 4 aromatic rings. The molecule has 0 spiro atoms. The highest BCUT2D eigenvalue weighted by Crippen LogP contribution is 2.29. The maximum absolute atomic E-state index is 12.8. The van der Waals surface area contributed by atoms with Gasteiger partial charge in [0.25, 0.3) is 0 Å². The summed E-state index contributed by atoms with van der Waals surface area (Å²) in [5.41, 5.74) is 3.77. The average molecular weight is 453 g/mol. The third-order valence-electron chi connectivity index (χ3n) is 6.09. The molecule has 0 atom stereocenters. The van der Waals surface area contributed by atoms with Gasteiger partial charge < -0.3 is 19.9 Å². The lowest BCUT2D eigenvalue weighted by Gasteiger charge is -2.34. The van der Waals surface area contributed by atoms with Gasteiger partial charge in [-0.05, 0) is 61.1 Å². The molecule has 1 fully saturated rings. The topological polar surface area (TPSA) is 57.7 Å². The van der Waals surface area contributed by atoms with Crippen LogP contribution in [0.15, 0.2) is 85.1 Å². The number of para-hydroxylation sites is 1. The first-order valence-electron chi connectivity index (χ1n) is 11.6. The molecular formula is C28H28N4O2. The normalized spacial score (nSPS) is 14.2. The zero-order valence-electron chi connectivity index (χ0n) is 19.3. The number of rotatable bonds is 6. The maximum atomic E-state index is 12.8. The average Bonchev–Trinajstić information content (AvgIpc) is 2.85. The number of amides is 1. The molecule has 1 N–H and O–H groups in total. The Morgan fingerprint density at radius 2 is 1.71 bits per heavy atom. The van der Waals surface area contributed by atoms with E-state index in [2.05, 4.69) is 33.2 Å². The molecule has 0 radical (unpaired) electrons. The molecule has 1 aromatic heterocycles. The van der Waals surface area contributed by atoms with Crippen LogP contribution in [0.3, 0.4) is 0 Å². The zero-order valence-corrected chi connectivity index (χ0v) is 19.3. The first kappa shape index (κ1) is 21.9.